The van der Waals surface area contributed by atoms with Crippen molar-refractivity contribution in [2.45, 2.75) is 31.8 Å². The zero-order valence-corrected chi connectivity index (χ0v) is 9.19. The highest BCUT2D eigenvalue weighted by Gasteiger charge is 2.35. The van der Waals surface area contributed by atoms with Crippen molar-refractivity contribution in [2.75, 3.05) is 6.54 Å². The average molecular weight is 205 g/mol. The maximum Gasteiger partial charge on any atom is 0.0648 e. The highest BCUT2D eigenvalue weighted by Crippen LogP contribution is 2.38. The van der Waals surface area contributed by atoms with E-state index < -0.39 is 0 Å². The molecule has 0 spiro atoms. The molecular weight excluding hydrogens is 186 g/mol. The molecule has 1 aromatic carbocycles. The molecule has 1 aliphatic carbocycles. The number of aliphatic hydroxyl groups is 1. The molecule has 1 aromatic rings. The van der Waals surface area contributed by atoms with Crippen LogP contribution in [-0.4, -0.2) is 17.8 Å². The summed E-state index contributed by atoms with van der Waals surface area (Å²) >= 11 is 0. The third kappa shape index (κ3) is 2.39. The molecule has 0 bridgehead atoms. The van der Waals surface area contributed by atoms with E-state index in [1.54, 1.807) is 0 Å². The van der Waals surface area contributed by atoms with Crippen molar-refractivity contribution in [3.63, 3.8) is 0 Å². The Morgan fingerprint density at radius 2 is 1.93 bits per heavy atom. The third-order valence-corrected chi connectivity index (χ3v) is 3.28. The van der Waals surface area contributed by atoms with E-state index in [1.807, 2.05) is 0 Å². The Bertz CT molecular complexity index is 316. The Hall–Kier alpha value is -0.860. The number of benzene rings is 1. The van der Waals surface area contributed by atoms with Crippen LogP contribution < -0.4 is 5.73 Å². The van der Waals surface area contributed by atoms with Gasteiger partial charge in [0.05, 0.1) is 6.10 Å². The van der Waals surface area contributed by atoms with Crippen LogP contribution in [0.25, 0.3) is 0 Å². The van der Waals surface area contributed by atoms with Crippen molar-refractivity contribution in [3.8, 4) is 0 Å². The average Bonchev–Trinajstić information content (AvgIpc) is 3.05. The van der Waals surface area contributed by atoms with E-state index in [4.69, 9.17) is 5.73 Å². The van der Waals surface area contributed by atoms with Gasteiger partial charge in [-0.1, -0.05) is 29.8 Å². The zero-order valence-electron chi connectivity index (χ0n) is 9.19. The Balaban J connectivity index is 2.14. The number of hydrogen-bond acceptors (Lipinski definition) is 2. The van der Waals surface area contributed by atoms with Gasteiger partial charge in [0.2, 0.25) is 0 Å². The second kappa shape index (κ2) is 4.33. The van der Waals surface area contributed by atoms with E-state index >= 15 is 0 Å². The quantitative estimate of drug-likeness (QED) is 0.787. The maximum absolute atomic E-state index is 10.1. The largest absolute Gasteiger partial charge is 0.392 e. The fourth-order valence-electron chi connectivity index (χ4n) is 2.05. The molecular formula is C13H19NO. The van der Waals surface area contributed by atoms with E-state index in [0.717, 1.165) is 12.8 Å². The predicted octanol–water partition coefficient (Wildman–Crippen LogP) is 1.81. The van der Waals surface area contributed by atoms with Gasteiger partial charge in [-0.15, -0.1) is 0 Å². The predicted molar refractivity (Wildman–Crippen MR) is 61.7 cm³/mol. The van der Waals surface area contributed by atoms with E-state index in [9.17, 15) is 5.11 Å². The molecule has 2 nitrogen and oxygen atoms in total. The van der Waals surface area contributed by atoms with Crippen molar-refractivity contribution in [3.05, 3.63) is 35.4 Å². The molecule has 2 atom stereocenters. The SMILES string of the molecule is Cc1ccc(C(CN)C(O)C2CC2)cc1. The molecule has 2 heteroatoms. The lowest BCUT2D eigenvalue weighted by molar-refractivity contribution is 0.123. The van der Waals surface area contributed by atoms with E-state index in [1.165, 1.54) is 11.1 Å². The highest BCUT2D eigenvalue weighted by atomic mass is 16.3. The fourth-order valence-corrected chi connectivity index (χ4v) is 2.05. The summed E-state index contributed by atoms with van der Waals surface area (Å²) in [5.74, 6) is 0.595. The van der Waals surface area contributed by atoms with Crippen molar-refractivity contribution in [2.24, 2.45) is 11.7 Å². The summed E-state index contributed by atoms with van der Waals surface area (Å²) in [5.41, 5.74) is 8.16. The lowest BCUT2D eigenvalue weighted by Crippen LogP contribution is -2.27. The summed E-state index contributed by atoms with van der Waals surface area (Å²) in [5, 5.41) is 10.1. The Labute approximate surface area is 91.1 Å². The molecule has 2 unspecified atom stereocenters. The monoisotopic (exact) mass is 205 g/mol. The van der Waals surface area contributed by atoms with Gasteiger partial charge in [0.25, 0.3) is 0 Å². The van der Waals surface area contributed by atoms with Crippen LogP contribution >= 0.6 is 0 Å². The molecule has 0 radical (unpaired) electrons. The van der Waals surface area contributed by atoms with Crippen molar-refractivity contribution >= 4 is 0 Å². The lowest BCUT2D eigenvalue weighted by Gasteiger charge is -2.21. The van der Waals surface area contributed by atoms with E-state index in [0.29, 0.717) is 12.5 Å². The molecule has 0 aromatic heterocycles. The van der Waals surface area contributed by atoms with Gasteiger partial charge < -0.3 is 10.8 Å². The van der Waals surface area contributed by atoms with Gasteiger partial charge in [-0.25, -0.2) is 0 Å². The van der Waals surface area contributed by atoms with E-state index in [2.05, 4.69) is 31.2 Å². The van der Waals surface area contributed by atoms with Gasteiger partial charge in [0.1, 0.15) is 0 Å². The molecule has 0 amide bonds. The molecule has 15 heavy (non-hydrogen) atoms. The minimum Gasteiger partial charge on any atom is -0.392 e. The van der Waals surface area contributed by atoms with Crippen LogP contribution in [0.15, 0.2) is 24.3 Å². The normalized spacial score (nSPS) is 19.9. The molecule has 1 fully saturated rings. The first kappa shape index (κ1) is 10.7. The minimum absolute atomic E-state index is 0.109. The van der Waals surface area contributed by atoms with Gasteiger partial charge in [-0.05, 0) is 31.2 Å². The number of rotatable bonds is 4. The summed E-state index contributed by atoms with van der Waals surface area (Å²) in [6, 6.07) is 8.33. The molecule has 0 saturated heterocycles. The van der Waals surface area contributed by atoms with Gasteiger partial charge in [-0.2, -0.15) is 0 Å². The van der Waals surface area contributed by atoms with Crippen LogP contribution in [-0.2, 0) is 0 Å². The first-order valence-electron chi connectivity index (χ1n) is 5.67. The van der Waals surface area contributed by atoms with Gasteiger partial charge in [-0.3, -0.25) is 0 Å². The summed E-state index contributed by atoms with van der Waals surface area (Å²) in [7, 11) is 0. The molecule has 1 aliphatic rings. The number of nitrogens with two attached hydrogens (primary N) is 1. The summed E-state index contributed by atoms with van der Waals surface area (Å²) in [4.78, 5) is 0. The van der Waals surface area contributed by atoms with Crippen molar-refractivity contribution in [1.82, 2.24) is 0 Å². The van der Waals surface area contributed by atoms with Crippen LogP contribution in [0.1, 0.15) is 29.9 Å². The fraction of sp³-hybridized carbons (Fsp3) is 0.538. The lowest BCUT2D eigenvalue weighted by atomic mass is 9.90. The summed E-state index contributed by atoms with van der Waals surface area (Å²) in [6.07, 6.45) is 2.06. The van der Waals surface area contributed by atoms with Crippen molar-refractivity contribution in [1.29, 1.82) is 0 Å². The first-order valence-corrected chi connectivity index (χ1v) is 5.67. The first-order chi connectivity index (χ1) is 7.22. The summed E-state index contributed by atoms with van der Waals surface area (Å²) in [6.45, 7) is 2.60. The maximum atomic E-state index is 10.1. The third-order valence-electron chi connectivity index (χ3n) is 3.28. The molecule has 2 rings (SSSR count). The highest BCUT2D eigenvalue weighted by molar-refractivity contribution is 5.26. The molecule has 0 aliphatic heterocycles. The van der Waals surface area contributed by atoms with E-state index in [-0.39, 0.29) is 12.0 Å². The van der Waals surface area contributed by atoms with Crippen LogP contribution in [0, 0.1) is 12.8 Å². The smallest absolute Gasteiger partial charge is 0.0648 e. The number of aryl methyl sites for hydroxylation is 1. The second-order valence-electron chi connectivity index (χ2n) is 4.58. The second-order valence-corrected chi connectivity index (χ2v) is 4.58. The summed E-state index contributed by atoms with van der Waals surface area (Å²) < 4.78 is 0. The molecule has 0 heterocycles. The zero-order chi connectivity index (χ0) is 10.8. The Kier molecular flexibility index (Phi) is 3.08. The van der Waals surface area contributed by atoms with Crippen LogP contribution in [0.5, 0.6) is 0 Å². The van der Waals surface area contributed by atoms with Crippen LogP contribution in [0.3, 0.4) is 0 Å². The molecule has 3 N–H and O–H groups in total. The molecule has 1 saturated carbocycles. The number of hydrogen-bond donors (Lipinski definition) is 2. The van der Waals surface area contributed by atoms with Gasteiger partial charge in [0, 0.05) is 12.5 Å². The van der Waals surface area contributed by atoms with Crippen molar-refractivity contribution < 1.29 is 5.11 Å². The Morgan fingerprint density at radius 3 is 2.40 bits per heavy atom. The minimum atomic E-state index is -0.252. The topological polar surface area (TPSA) is 46.2 Å². The molecule has 82 valence electrons. The van der Waals surface area contributed by atoms with Crippen LogP contribution in [0.2, 0.25) is 0 Å². The van der Waals surface area contributed by atoms with Crippen LogP contribution in [0.4, 0.5) is 0 Å². The standard InChI is InChI=1S/C13H19NO/c1-9-2-4-10(5-3-9)12(8-14)13(15)11-6-7-11/h2-5,11-13,15H,6-8,14H2,1H3. The Morgan fingerprint density at radius 1 is 1.33 bits per heavy atom. The number of aliphatic hydroxyl groups excluding tert-OH is 1. The van der Waals surface area contributed by atoms with Gasteiger partial charge >= 0.3 is 0 Å². The van der Waals surface area contributed by atoms with Gasteiger partial charge in [0.15, 0.2) is 0 Å².